The van der Waals surface area contributed by atoms with E-state index in [0.717, 1.165) is 37.9 Å². The van der Waals surface area contributed by atoms with E-state index in [1.807, 2.05) is 12.1 Å². The first kappa shape index (κ1) is 14.9. The highest BCUT2D eigenvalue weighted by atomic mass is 32.2. The van der Waals surface area contributed by atoms with Crippen molar-refractivity contribution < 1.29 is 17.3 Å². The summed E-state index contributed by atoms with van der Waals surface area (Å²) in [6.45, 7) is 2.37. The van der Waals surface area contributed by atoms with Gasteiger partial charge >= 0.3 is 10.1 Å². The average molecular weight is 273 g/mol. The lowest BCUT2D eigenvalue weighted by Gasteiger charge is -2.06. The maximum atomic E-state index is 10.9. The van der Waals surface area contributed by atoms with Crippen molar-refractivity contribution in [3.8, 4) is 5.75 Å². The molecule has 0 amide bonds. The number of hydrogen-bond donors (Lipinski definition) is 1. The Kier molecular flexibility index (Phi) is 6.11. The van der Waals surface area contributed by atoms with E-state index in [9.17, 15) is 8.42 Å². The van der Waals surface area contributed by atoms with Crippen molar-refractivity contribution in [1.82, 2.24) is 5.32 Å². The molecule has 6 heteroatoms. The van der Waals surface area contributed by atoms with Gasteiger partial charge in [0.1, 0.15) is 5.75 Å². The number of rotatable bonds is 8. The maximum Gasteiger partial charge on any atom is 0.306 e. The fourth-order valence-electron chi connectivity index (χ4n) is 1.41. The van der Waals surface area contributed by atoms with Crippen molar-refractivity contribution in [2.75, 3.05) is 26.5 Å². The fraction of sp³-hybridized carbons (Fsp3) is 0.500. The molecule has 0 atom stereocenters. The van der Waals surface area contributed by atoms with Gasteiger partial charge in [-0.05, 0) is 30.7 Å². The van der Waals surface area contributed by atoms with E-state index in [1.165, 1.54) is 0 Å². The van der Waals surface area contributed by atoms with Crippen molar-refractivity contribution in [1.29, 1.82) is 0 Å². The van der Waals surface area contributed by atoms with Gasteiger partial charge in [-0.15, -0.1) is 0 Å². The van der Waals surface area contributed by atoms with Gasteiger partial charge in [0.2, 0.25) is 0 Å². The van der Waals surface area contributed by atoms with E-state index in [2.05, 4.69) is 5.32 Å². The highest BCUT2D eigenvalue weighted by Crippen LogP contribution is 2.13. The lowest BCUT2D eigenvalue weighted by Crippen LogP contribution is -2.16. The van der Waals surface area contributed by atoms with E-state index >= 15 is 0 Å². The number of hydrogen-bond acceptors (Lipinski definition) is 5. The lowest BCUT2D eigenvalue weighted by molar-refractivity contribution is 0.194. The molecule has 0 saturated carbocycles. The molecule has 5 nitrogen and oxygen atoms in total. The van der Waals surface area contributed by atoms with Gasteiger partial charge in [-0.3, -0.25) is 0 Å². The van der Waals surface area contributed by atoms with Gasteiger partial charge < -0.3 is 14.2 Å². The third-order valence-corrected chi connectivity index (χ3v) is 2.70. The van der Waals surface area contributed by atoms with Gasteiger partial charge in [0, 0.05) is 20.3 Å². The summed E-state index contributed by atoms with van der Waals surface area (Å²) >= 11 is 0. The predicted octanol–water partition coefficient (Wildman–Crippen LogP) is 1.15. The second-order valence-corrected chi connectivity index (χ2v) is 5.53. The summed E-state index contributed by atoms with van der Waals surface area (Å²) < 4.78 is 31.5. The molecular weight excluding hydrogens is 254 g/mol. The number of methoxy groups -OCH3 is 1. The smallest absolute Gasteiger partial charge is 0.306 e. The van der Waals surface area contributed by atoms with Crippen molar-refractivity contribution in [2.45, 2.75) is 13.0 Å². The molecule has 1 N–H and O–H groups in total. The molecule has 0 spiro atoms. The van der Waals surface area contributed by atoms with E-state index in [-0.39, 0.29) is 0 Å². The number of ether oxygens (including phenoxy) is 1. The van der Waals surface area contributed by atoms with Crippen molar-refractivity contribution >= 4 is 10.1 Å². The molecule has 0 heterocycles. The van der Waals surface area contributed by atoms with Crippen LogP contribution >= 0.6 is 0 Å². The molecular formula is C12H19NO4S. The highest BCUT2D eigenvalue weighted by Gasteiger charge is 2.03. The molecule has 0 aliphatic carbocycles. The molecule has 1 rings (SSSR count). The first-order chi connectivity index (χ1) is 8.51. The largest absolute Gasteiger partial charge is 0.385 e. The Hall–Kier alpha value is -1.11. The Labute approximate surface area is 108 Å². The van der Waals surface area contributed by atoms with Crippen LogP contribution in [0.25, 0.3) is 0 Å². The molecule has 0 aliphatic heterocycles. The highest BCUT2D eigenvalue weighted by molar-refractivity contribution is 7.86. The molecule has 0 unspecified atom stereocenters. The Morgan fingerprint density at radius 1 is 1.22 bits per heavy atom. The normalized spacial score (nSPS) is 11.4. The molecule has 102 valence electrons. The molecule has 1 aromatic rings. The van der Waals surface area contributed by atoms with E-state index in [4.69, 9.17) is 8.92 Å². The van der Waals surface area contributed by atoms with Crippen LogP contribution in [0.15, 0.2) is 24.3 Å². The number of nitrogens with one attached hydrogen (secondary N) is 1. The average Bonchev–Trinajstić information content (AvgIpc) is 2.29. The van der Waals surface area contributed by atoms with Crippen LogP contribution in [0.3, 0.4) is 0 Å². The Morgan fingerprint density at radius 2 is 1.89 bits per heavy atom. The third kappa shape index (κ3) is 6.58. The SMILES string of the molecule is COCCCNCc1ccc(OS(C)(=O)=O)cc1. The quantitative estimate of drug-likeness (QED) is 0.568. The molecule has 0 aromatic heterocycles. The standard InChI is InChI=1S/C12H19NO4S/c1-16-9-3-8-13-10-11-4-6-12(7-5-11)17-18(2,14)15/h4-7,13H,3,8-10H2,1-2H3. The summed E-state index contributed by atoms with van der Waals surface area (Å²) in [6.07, 6.45) is 1.99. The minimum atomic E-state index is -3.45. The van der Waals surface area contributed by atoms with E-state index in [1.54, 1.807) is 19.2 Å². The Morgan fingerprint density at radius 3 is 2.44 bits per heavy atom. The van der Waals surface area contributed by atoms with Crippen molar-refractivity contribution in [3.63, 3.8) is 0 Å². The van der Waals surface area contributed by atoms with Crippen LogP contribution in [0.1, 0.15) is 12.0 Å². The zero-order valence-corrected chi connectivity index (χ0v) is 11.5. The minimum Gasteiger partial charge on any atom is -0.385 e. The van der Waals surface area contributed by atoms with E-state index < -0.39 is 10.1 Å². The summed E-state index contributed by atoms with van der Waals surface area (Å²) in [5.41, 5.74) is 1.08. The van der Waals surface area contributed by atoms with Gasteiger partial charge in [0.15, 0.2) is 0 Å². The summed E-state index contributed by atoms with van der Waals surface area (Å²) in [6, 6.07) is 6.97. The third-order valence-electron chi connectivity index (χ3n) is 2.20. The maximum absolute atomic E-state index is 10.9. The predicted molar refractivity (Wildman–Crippen MR) is 70.1 cm³/mol. The summed E-state index contributed by atoms with van der Waals surface area (Å²) in [5.74, 6) is 0.334. The first-order valence-corrected chi connectivity index (χ1v) is 7.51. The molecule has 0 saturated heterocycles. The van der Waals surface area contributed by atoms with Crippen LogP contribution in [-0.2, 0) is 21.4 Å². The minimum absolute atomic E-state index is 0.334. The summed E-state index contributed by atoms with van der Waals surface area (Å²) in [4.78, 5) is 0. The van der Waals surface area contributed by atoms with Crippen LogP contribution in [0.2, 0.25) is 0 Å². The van der Waals surface area contributed by atoms with E-state index in [0.29, 0.717) is 5.75 Å². The monoisotopic (exact) mass is 273 g/mol. The molecule has 18 heavy (non-hydrogen) atoms. The molecule has 0 bridgehead atoms. The van der Waals surface area contributed by atoms with Crippen LogP contribution in [-0.4, -0.2) is 34.9 Å². The number of benzene rings is 1. The van der Waals surface area contributed by atoms with Gasteiger partial charge in [-0.1, -0.05) is 12.1 Å². The van der Waals surface area contributed by atoms with Crippen LogP contribution in [0.4, 0.5) is 0 Å². The van der Waals surface area contributed by atoms with Gasteiger partial charge in [-0.25, -0.2) is 0 Å². The van der Waals surface area contributed by atoms with Gasteiger partial charge in [0.25, 0.3) is 0 Å². The summed E-state index contributed by atoms with van der Waals surface area (Å²) in [7, 11) is -1.77. The second-order valence-electron chi connectivity index (χ2n) is 3.95. The first-order valence-electron chi connectivity index (χ1n) is 5.69. The molecule has 0 fully saturated rings. The Balaban J connectivity index is 2.36. The topological polar surface area (TPSA) is 64.6 Å². The van der Waals surface area contributed by atoms with Crippen LogP contribution < -0.4 is 9.50 Å². The zero-order chi connectivity index (χ0) is 13.4. The summed E-state index contributed by atoms with van der Waals surface area (Å²) in [5, 5.41) is 3.27. The fourth-order valence-corrected chi connectivity index (χ4v) is 1.87. The van der Waals surface area contributed by atoms with Crippen molar-refractivity contribution in [3.05, 3.63) is 29.8 Å². The molecule has 1 aromatic carbocycles. The second kappa shape index (κ2) is 7.35. The molecule has 0 aliphatic rings. The van der Waals surface area contributed by atoms with Crippen molar-refractivity contribution in [2.24, 2.45) is 0 Å². The van der Waals surface area contributed by atoms with Gasteiger partial charge in [0.05, 0.1) is 6.26 Å². The van der Waals surface area contributed by atoms with Crippen LogP contribution in [0, 0.1) is 0 Å². The van der Waals surface area contributed by atoms with Crippen LogP contribution in [0.5, 0.6) is 5.75 Å². The molecule has 0 radical (unpaired) electrons. The Bertz CT molecular complexity index is 442. The zero-order valence-electron chi connectivity index (χ0n) is 10.7. The lowest BCUT2D eigenvalue weighted by atomic mass is 10.2. The van der Waals surface area contributed by atoms with Gasteiger partial charge in [-0.2, -0.15) is 8.42 Å².